The van der Waals surface area contributed by atoms with Crippen molar-refractivity contribution in [3.63, 3.8) is 0 Å². The van der Waals surface area contributed by atoms with Crippen LogP contribution in [0.2, 0.25) is 5.02 Å². The van der Waals surface area contributed by atoms with Crippen molar-refractivity contribution in [3.05, 3.63) is 40.9 Å². The molecule has 0 bridgehead atoms. The highest BCUT2D eigenvalue weighted by atomic mass is 35.5. The molecule has 0 unspecified atom stereocenters. The number of rotatable bonds is 5. The van der Waals surface area contributed by atoms with Crippen LogP contribution in [0.15, 0.2) is 24.5 Å². The van der Waals surface area contributed by atoms with Gasteiger partial charge in [-0.1, -0.05) is 23.7 Å². The molecular formula is C12H15ClN4O. The lowest BCUT2D eigenvalue weighted by Crippen LogP contribution is -2.16. The molecule has 1 heterocycles. The van der Waals surface area contributed by atoms with Gasteiger partial charge in [-0.2, -0.15) is 0 Å². The van der Waals surface area contributed by atoms with E-state index in [9.17, 15) is 5.11 Å². The molecule has 0 spiro atoms. The van der Waals surface area contributed by atoms with E-state index in [0.29, 0.717) is 18.1 Å². The Labute approximate surface area is 110 Å². The number of para-hydroxylation sites is 1. The number of aryl methyl sites for hydroxylation is 1. The predicted molar refractivity (Wildman–Crippen MR) is 69.4 cm³/mol. The number of nitrogens with one attached hydrogen (secondary N) is 1. The monoisotopic (exact) mass is 266 g/mol. The van der Waals surface area contributed by atoms with Crippen molar-refractivity contribution < 1.29 is 5.11 Å². The highest BCUT2D eigenvalue weighted by Gasteiger charge is 2.06. The number of hydrogen-bond donors (Lipinski definition) is 2. The van der Waals surface area contributed by atoms with E-state index in [-0.39, 0.29) is 5.75 Å². The Kier molecular flexibility index (Phi) is 4.17. The molecule has 2 aromatic rings. The Morgan fingerprint density at radius 3 is 3.00 bits per heavy atom. The summed E-state index contributed by atoms with van der Waals surface area (Å²) in [5.74, 6) is 1.00. The van der Waals surface area contributed by atoms with Crippen LogP contribution < -0.4 is 5.32 Å². The number of aromatic hydroxyl groups is 1. The number of phenolic OH excluding ortho intramolecular Hbond substituents is 1. The molecule has 0 aliphatic heterocycles. The van der Waals surface area contributed by atoms with Crippen molar-refractivity contribution in [2.45, 2.75) is 26.6 Å². The molecule has 1 aromatic heterocycles. The zero-order chi connectivity index (χ0) is 13.0. The van der Waals surface area contributed by atoms with Gasteiger partial charge in [-0.25, -0.2) is 0 Å². The quantitative estimate of drug-likeness (QED) is 0.868. The van der Waals surface area contributed by atoms with Crippen LogP contribution in [0.25, 0.3) is 0 Å². The van der Waals surface area contributed by atoms with Crippen LogP contribution in [-0.4, -0.2) is 19.9 Å². The minimum absolute atomic E-state index is 0.128. The lowest BCUT2D eigenvalue weighted by molar-refractivity contribution is 0.464. The summed E-state index contributed by atoms with van der Waals surface area (Å²) in [6.07, 6.45) is 1.70. The van der Waals surface area contributed by atoms with Crippen LogP contribution in [0.4, 0.5) is 0 Å². The van der Waals surface area contributed by atoms with Crippen molar-refractivity contribution in [3.8, 4) is 5.75 Å². The number of aromatic nitrogens is 3. The van der Waals surface area contributed by atoms with Gasteiger partial charge in [-0.3, -0.25) is 0 Å². The zero-order valence-electron chi connectivity index (χ0n) is 10.1. The molecule has 1 aromatic carbocycles. The van der Waals surface area contributed by atoms with Gasteiger partial charge in [0.2, 0.25) is 0 Å². The van der Waals surface area contributed by atoms with Gasteiger partial charge in [0.1, 0.15) is 17.9 Å². The lowest BCUT2D eigenvalue weighted by atomic mass is 10.2. The molecule has 0 amide bonds. The molecular weight excluding hydrogens is 252 g/mol. The zero-order valence-corrected chi connectivity index (χ0v) is 10.9. The van der Waals surface area contributed by atoms with E-state index >= 15 is 0 Å². The summed E-state index contributed by atoms with van der Waals surface area (Å²) >= 11 is 5.84. The maximum absolute atomic E-state index is 9.75. The van der Waals surface area contributed by atoms with Crippen LogP contribution in [0.3, 0.4) is 0 Å². The van der Waals surface area contributed by atoms with E-state index < -0.39 is 0 Å². The Hall–Kier alpha value is -1.59. The molecule has 2 N–H and O–H groups in total. The van der Waals surface area contributed by atoms with Gasteiger partial charge in [-0.05, 0) is 13.0 Å². The van der Waals surface area contributed by atoms with Crippen molar-refractivity contribution in [1.29, 1.82) is 0 Å². The fraction of sp³-hybridized carbons (Fsp3) is 0.333. The first-order valence-corrected chi connectivity index (χ1v) is 6.14. The van der Waals surface area contributed by atoms with E-state index in [1.165, 1.54) is 0 Å². The van der Waals surface area contributed by atoms with Gasteiger partial charge in [0, 0.05) is 18.7 Å². The first-order chi connectivity index (χ1) is 8.72. The smallest absolute Gasteiger partial charge is 0.146 e. The third kappa shape index (κ3) is 2.80. The largest absolute Gasteiger partial charge is 0.506 e. The van der Waals surface area contributed by atoms with Gasteiger partial charge < -0.3 is 15.0 Å². The average molecular weight is 267 g/mol. The molecule has 0 saturated carbocycles. The maximum atomic E-state index is 9.75. The van der Waals surface area contributed by atoms with Crippen molar-refractivity contribution in [1.82, 2.24) is 20.1 Å². The van der Waals surface area contributed by atoms with Gasteiger partial charge in [0.25, 0.3) is 0 Å². The Morgan fingerprint density at radius 1 is 1.39 bits per heavy atom. The molecule has 0 aliphatic carbocycles. The van der Waals surface area contributed by atoms with Crippen LogP contribution in [0, 0.1) is 0 Å². The summed E-state index contributed by atoms with van der Waals surface area (Å²) in [6.45, 7) is 4.00. The lowest BCUT2D eigenvalue weighted by Gasteiger charge is -2.08. The standard InChI is InChI=1S/C12H15ClN4O/c1-2-17-8-15-16-11(17)7-14-6-9-4-3-5-10(13)12(9)18/h3-5,8,14,18H,2,6-7H2,1H3. The fourth-order valence-electron chi connectivity index (χ4n) is 1.69. The summed E-state index contributed by atoms with van der Waals surface area (Å²) in [5.41, 5.74) is 0.769. The normalized spacial score (nSPS) is 10.8. The fourth-order valence-corrected chi connectivity index (χ4v) is 1.89. The molecule has 0 saturated heterocycles. The van der Waals surface area contributed by atoms with E-state index in [1.54, 1.807) is 12.4 Å². The van der Waals surface area contributed by atoms with Gasteiger partial charge >= 0.3 is 0 Å². The summed E-state index contributed by atoms with van der Waals surface area (Å²) in [7, 11) is 0. The number of phenols is 1. The van der Waals surface area contributed by atoms with E-state index in [4.69, 9.17) is 11.6 Å². The molecule has 18 heavy (non-hydrogen) atoms. The van der Waals surface area contributed by atoms with E-state index in [2.05, 4.69) is 15.5 Å². The first-order valence-electron chi connectivity index (χ1n) is 5.76. The van der Waals surface area contributed by atoms with Gasteiger partial charge in [0.15, 0.2) is 0 Å². The minimum atomic E-state index is 0.128. The summed E-state index contributed by atoms with van der Waals surface area (Å²) < 4.78 is 1.96. The van der Waals surface area contributed by atoms with Crippen LogP contribution in [0.1, 0.15) is 18.3 Å². The number of halogens is 1. The second kappa shape index (κ2) is 5.84. The van der Waals surface area contributed by atoms with Crippen LogP contribution in [-0.2, 0) is 19.6 Å². The second-order valence-corrected chi connectivity index (χ2v) is 4.29. The molecule has 5 nitrogen and oxygen atoms in total. The number of hydrogen-bond acceptors (Lipinski definition) is 4. The molecule has 0 atom stereocenters. The molecule has 6 heteroatoms. The van der Waals surface area contributed by atoms with Crippen LogP contribution in [0.5, 0.6) is 5.75 Å². The summed E-state index contributed by atoms with van der Waals surface area (Å²) in [5, 5.41) is 21.2. The minimum Gasteiger partial charge on any atom is -0.506 e. The van der Waals surface area contributed by atoms with Crippen molar-refractivity contribution in [2.75, 3.05) is 0 Å². The summed E-state index contributed by atoms with van der Waals surface area (Å²) in [6, 6.07) is 5.31. The van der Waals surface area contributed by atoms with Crippen molar-refractivity contribution in [2.24, 2.45) is 0 Å². The van der Waals surface area contributed by atoms with Crippen molar-refractivity contribution >= 4 is 11.6 Å². The molecule has 2 rings (SSSR count). The number of nitrogens with zero attached hydrogens (tertiary/aromatic N) is 3. The third-order valence-corrected chi connectivity index (χ3v) is 3.01. The van der Waals surface area contributed by atoms with E-state index in [0.717, 1.165) is 17.9 Å². The predicted octanol–water partition coefficient (Wildman–Crippen LogP) is 1.95. The highest BCUT2D eigenvalue weighted by Crippen LogP contribution is 2.26. The number of benzene rings is 1. The Balaban J connectivity index is 1.94. The maximum Gasteiger partial charge on any atom is 0.146 e. The second-order valence-electron chi connectivity index (χ2n) is 3.88. The van der Waals surface area contributed by atoms with Crippen LogP contribution >= 0.6 is 11.6 Å². The van der Waals surface area contributed by atoms with E-state index in [1.807, 2.05) is 23.6 Å². The molecule has 0 fully saturated rings. The molecule has 0 radical (unpaired) electrons. The Bertz CT molecular complexity index is 527. The van der Waals surface area contributed by atoms with Gasteiger partial charge in [0.05, 0.1) is 11.6 Å². The molecule has 0 aliphatic rings. The Morgan fingerprint density at radius 2 is 2.22 bits per heavy atom. The topological polar surface area (TPSA) is 63.0 Å². The first kappa shape index (κ1) is 12.9. The summed E-state index contributed by atoms with van der Waals surface area (Å²) in [4.78, 5) is 0. The highest BCUT2D eigenvalue weighted by molar-refractivity contribution is 6.32. The van der Waals surface area contributed by atoms with Gasteiger partial charge in [-0.15, -0.1) is 10.2 Å². The SMILES string of the molecule is CCn1cnnc1CNCc1cccc(Cl)c1O. The molecule has 96 valence electrons. The average Bonchev–Trinajstić information content (AvgIpc) is 2.82. The third-order valence-electron chi connectivity index (χ3n) is 2.71.